The van der Waals surface area contributed by atoms with Crippen LogP contribution in [0.5, 0.6) is 0 Å². The Labute approximate surface area is 297 Å². The van der Waals surface area contributed by atoms with Gasteiger partial charge in [0.2, 0.25) is 0 Å². The molecule has 0 unspecified atom stereocenters. The van der Waals surface area contributed by atoms with E-state index < -0.39 is 0 Å². The zero-order chi connectivity index (χ0) is 34.1. The van der Waals surface area contributed by atoms with Gasteiger partial charge in [-0.1, -0.05) is 133 Å². The van der Waals surface area contributed by atoms with E-state index in [1.165, 1.54) is 104 Å². The van der Waals surface area contributed by atoms with Crippen molar-refractivity contribution >= 4 is 54.1 Å². The highest BCUT2D eigenvalue weighted by molar-refractivity contribution is 6.26. The van der Waals surface area contributed by atoms with Crippen LogP contribution in [0.1, 0.15) is 11.1 Å². The van der Waals surface area contributed by atoms with Gasteiger partial charge in [0.1, 0.15) is 0 Å². The number of benzene rings is 9. The van der Waals surface area contributed by atoms with Gasteiger partial charge in [-0.15, -0.1) is 0 Å². The van der Waals surface area contributed by atoms with Gasteiger partial charge in [0, 0.05) is 16.5 Å². The fourth-order valence-electron chi connectivity index (χ4n) is 8.31. The van der Waals surface area contributed by atoms with Gasteiger partial charge in [0.25, 0.3) is 0 Å². The lowest BCUT2D eigenvalue weighted by Crippen LogP contribution is -1.94. The number of para-hydroxylation sites is 2. The maximum absolute atomic E-state index is 2.40. The van der Waals surface area contributed by atoms with Crippen LogP contribution >= 0.6 is 0 Å². The highest BCUT2D eigenvalue weighted by atomic mass is 15.0. The van der Waals surface area contributed by atoms with Gasteiger partial charge in [-0.25, -0.2) is 0 Å². The van der Waals surface area contributed by atoms with Crippen molar-refractivity contribution in [2.24, 2.45) is 0 Å². The first-order chi connectivity index (χ1) is 25.1. The summed E-state index contributed by atoms with van der Waals surface area (Å²) in [6.07, 6.45) is 0. The van der Waals surface area contributed by atoms with E-state index in [0.717, 1.165) is 0 Å². The molecule has 0 bridgehead atoms. The first-order valence-corrected chi connectivity index (χ1v) is 17.8. The summed E-state index contributed by atoms with van der Waals surface area (Å²) in [5.41, 5.74) is 13.7. The van der Waals surface area contributed by atoms with Crippen molar-refractivity contribution in [3.63, 3.8) is 0 Å². The topological polar surface area (TPSA) is 4.93 Å². The van der Waals surface area contributed by atoms with E-state index >= 15 is 0 Å². The van der Waals surface area contributed by atoms with Gasteiger partial charge in [-0.05, 0) is 133 Å². The van der Waals surface area contributed by atoms with Gasteiger partial charge < -0.3 is 4.57 Å². The Morgan fingerprint density at radius 2 is 0.765 bits per heavy atom. The number of rotatable bonds is 4. The van der Waals surface area contributed by atoms with E-state index in [4.69, 9.17) is 0 Å². The lowest BCUT2D eigenvalue weighted by molar-refractivity contribution is 1.18. The third-order valence-electron chi connectivity index (χ3n) is 10.9. The van der Waals surface area contributed by atoms with Gasteiger partial charge in [0.05, 0.1) is 11.0 Å². The number of aromatic nitrogens is 1. The Morgan fingerprint density at radius 3 is 1.39 bits per heavy atom. The van der Waals surface area contributed by atoms with Crippen LogP contribution in [-0.2, 0) is 0 Å². The van der Waals surface area contributed by atoms with Crippen molar-refractivity contribution in [2.45, 2.75) is 13.8 Å². The average Bonchev–Trinajstić information content (AvgIpc) is 3.53. The van der Waals surface area contributed by atoms with Crippen LogP contribution in [0.2, 0.25) is 0 Å². The van der Waals surface area contributed by atoms with E-state index in [1.807, 2.05) is 0 Å². The first-order valence-electron chi connectivity index (χ1n) is 17.8. The minimum atomic E-state index is 1.17. The second kappa shape index (κ2) is 11.6. The predicted molar refractivity (Wildman–Crippen MR) is 219 cm³/mol. The van der Waals surface area contributed by atoms with E-state index in [-0.39, 0.29) is 0 Å². The van der Waals surface area contributed by atoms with Crippen molar-refractivity contribution in [3.05, 3.63) is 187 Å². The molecule has 0 radical (unpaired) electrons. The maximum atomic E-state index is 2.40. The van der Waals surface area contributed by atoms with Gasteiger partial charge >= 0.3 is 0 Å². The molecular weight excluding hydrogens is 615 g/mol. The van der Waals surface area contributed by atoms with Crippen LogP contribution in [0, 0.1) is 13.8 Å². The van der Waals surface area contributed by atoms with Crippen LogP contribution in [-0.4, -0.2) is 4.57 Å². The summed E-state index contributed by atoms with van der Waals surface area (Å²) in [5, 5.41) is 10.2. The number of fused-ring (bicyclic) bond motifs is 9. The van der Waals surface area contributed by atoms with E-state index in [9.17, 15) is 0 Å². The first kappa shape index (κ1) is 29.5. The number of aryl methyl sites for hydroxylation is 2. The lowest BCUT2D eigenvalue weighted by atomic mass is 9.89. The van der Waals surface area contributed by atoms with Crippen molar-refractivity contribution in [3.8, 4) is 39.1 Å². The van der Waals surface area contributed by atoms with E-state index in [2.05, 4.69) is 194 Å². The Morgan fingerprint density at radius 1 is 0.294 bits per heavy atom. The molecule has 1 heteroatoms. The van der Waals surface area contributed by atoms with Crippen LogP contribution < -0.4 is 0 Å². The van der Waals surface area contributed by atoms with Crippen molar-refractivity contribution < 1.29 is 0 Å². The summed E-state index contributed by atoms with van der Waals surface area (Å²) in [6.45, 7) is 4.41. The summed E-state index contributed by atoms with van der Waals surface area (Å²) in [5.74, 6) is 0. The Hall–Kier alpha value is -6.44. The normalized spacial score (nSPS) is 11.7. The molecule has 0 aliphatic heterocycles. The summed E-state index contributed by atoms with van der Waals surface area (Å²) < 4.78 is 2.40. The molecule has 0 aliphatic carbocycles. The Bertz CT molecular complexity index is 2920. The molecular formula is C50H35N. The molecule has 10 aromatic rings. The summed E-state index contributed by atoms with van der Waals surface area (Å²) in [6, 6.07) is 64.9. The number of hydrogen-bond acceptors (Lipinski definition) is 0. The lowest BCUT2D eigenvalue weighted by Gasteiger charge is -2.15. The summed E-state index contributed by atoms with van der Waals surface area (Å²) >= 11 is 0. The van der Waals surface area contributed by atoms with Crippen molar-refractivity contribution in [1.29, 1.82) is 0 Å². The summed E-state index contributed by atoms with van der Waals surface area (Å²) in [7, 11) is 0. The average molecular weight is 650 g/mol. The third kappa shape index (κ3) is 4.70. The number of hydrogen-bond donors (Lipinski definition) is 0. The molecule has 0 aliphatic rings. The van der Waals surface area contributed by atoms with Crippen LogP contribution in [0.4, 0.5) is 0 Å². The molecule has 0 spiro atoms. The fraction of sp³-hybridized carbons (Fsp3) is 0.0400. The molecule has 1 heterocycles. The molecule has 10 rings (SSSR count). The number of nitrogens with zero attached hydrogens (tertiary/aromatic N) is 1. The quantitative estimate of drug-likeness (QED) is 0.167. The smallest absolute Gasteiger partial charge is 0.0541 e. The second-order valence-electron chi connectivity index (χ2n) is 13.8. The van der Waals surface area contributed by atoms with E-state index in [0.29, 0.717) is 0 Å². The molecule has 240 valence electrons. The zero-order valence-electron chi connectivity index (χ0n) is 28.7. The maximum Gasteiger partial charge on any atom is 0.0541 e. The van der Waals surface area contributed by atoms with Crippen LogP contribution in [0.25, 0.3) is 93.2 Å². The minimum Gasteiger partial charge on any atom is -0.309 e. The Kier molecular flexibility index (Phi) is 6.69. The monoisotopic (exact) mass is 649 g/mol. The molecule has 0 saturated carbocycles. The molecule has 9 aromatic carbocycles. The van der Waals surface area contributed by atoms with Gasteiger partial charge in [-0.2, -0.15) is 0 Å². The zero-order valence-corrected chi connectivity index (χ0v) is 28.7. The molecule has 0 atom stereocenters. The van der Waals surface area contributed by atoms with Crippen molar-refractivity contribution in [1.82, 2.24) is 4.57 Å². The highest BCUT2D eigenvalue weighted by Gasteiger charge is 2.15. The van der Waals surface area contributed by atoms with Crippen LogP contribution in [0.15, 0.2) is 176 Å². The third-order valence-corrected chi connectivity index (χ3v) is 10.9. The van der Waals surface area contributed by atoms with Gasteiger partial charge in [-0.3, -0.25) is 0 Å². The molecule has 1 aromatic heterocycles. The molecule has 51 heavy (non-hydrogen) atoms. The van der Waals surface area contributed by atoms with E-state index in [1.54, 1.807) is 0 Å². The molecule has 1 nitrogen and oxygen atoms in total. The molecule has 0 amide bonds. The van der Waals surface area contributed by atoms with Crippen molar-refractivity contribution in [2.75, 3.05) is 0 Å². The SMILES string of the molecule is Cc1ccccc1-c1cc(-c2ccc3c4ccc(-c5cccc(-n6c7ccccc7c7ccccc76)c5)cc4c4ccccc4c3c2)ccc1C. The highest BCUT2D eigenvalue weighted by Crippen LogP contribution is 2.40. The predicted octanol–water partition coefficient (Wildman–Crippen LogP) is 13.9. The molecule has 0 saturated heterocycles. The second-order valence-corrected chi connectivity index (χ2v) is 13.8. The summed E-state index contributed by atoms with van der Waals surface area (Å²) in [4.78, 5) is 0. The fourth-order valence-corrected chi connectivity index (χ4v) is 8.31. The molecule has 0 fully saturated rings. The Balaban J connectivity index is 1.12. The van der Waals surface area contributed by atoms with Crippen LogP contribution in [0.3, 0.4) is 0 Å². The molecule has 0 N–H and O–H groups in total. The largest absolute Gasteiger partial charge is 0.309 e. The van der Waals surface area contributed by atoms with Gasteiger partial charge in [0.15, 0.2) is 0 Å². The standard InChI is InChI=1S/C50H35N/c1-32-12-3-4-15-39(32)46-29-35(23-22-33(46)2)37-25-27-43-42-26-24-36(30-47(42)40-16-5-6-17-41(40)48(43)31-37)34-13-11-14-38(28-34)51-49-20-9-7-18-44(49)45-19-8-10-21-50(45)51/h3-31H,1-2H3. The minimum absolute atomic E-state index is 1.17.